The third-order valence-electron chi connectivity index (χ3n) is 5.58. The molecule has 0 radical (unpaired) electrons. The molecule has 2 aromatic rings. The van der Waals surface area contributed by atoms with Gasteiger partial charge in [0.05, 0.1) is 11.6 Å². The molecule has 6 heteroatoms. The Hall–Kier alpha value is -3.17. The highest BCUT2D eigenvalue weighted by Gasteiger charge is 2.32. The Morgan fingerprint density at radius 3 is 2.28 bits per heavy atom. The smallest absolute Gasteiger partial charge is 0.254 e. The van der Waals surface area contributed by atoms with Gasteiger partial charge in [-0.05, 0) is 30.5 Å². The SMILES string of the molecule is N#Cc1ccccc1-c1ccccc1C(=O)N1CCN(C(=O)C2CCCO2)CC1. The minimum atomic E-state index is -0.319. The maximum absolute atomic E-state index is 13.2. The van der Waals surface area contributed by atoms with Gasteiger partial charge in [0.15, 0.2) is 0 Å². The molecule has 2 amide bonds. The number of nitrogens with zero attached hydrogens (tertiary/aromatic N) is 3. The number of carbonyl (C=O) groups is 2. The fourth-order valence-electron chi connectivity index (χ4n) is 4.00. The van der Waals surface area contributed by atoms with E-state index in [9.17, 15) is 14.9 Å². The fourth-order valence-corrected chi connectivity index (χ4v) is 4.00. The lowest BCUT2D eigenvalue weighted by atomic mass is 9.95. The molecule has 0 bridgehead atoms. The van der Waals surface area contributed by atoms with Gasteiger partial charge in [-0.2, -0.15) is 5.26 Å². The summed E-state index contributed by atoms with van der Waals surface area (Å²) in [6.45, 7) is 2.66. The number of benzene rings is 2. The van der Waals surface area contributed by atoms with E-state index in [0.717, 1.165) is 24.0 Å². The molecule has 2 fully saturated rings. The first kappa shape index (κ1) is 19.2. The average Bonchev–Trinajstić information content (AvgIpc) is 3.33. The predicted molar refractivity (Wildman–Crippen MR) is 108 cm³/mol. The molecule has 0 N–H and O–H groups in total. The second kappa shape index (κ2) is 8.46. The van der Waals surface area contributed by atoms with Gasteiger partial charge in [-0.1, -0.05) is 36.4 Å². The topological polar surface area (TPSA) is 73.6 Å². The summed E-state index contributed by atoms with van der Waals surface area (Å²) in [4.78, 5) is 29.4. The monoisotopic (exact) mass is 389 g/mol. The number of amides is 2. The summed E-state index contributed by atoms with van der Waals surface area (Å²) in [6, 6.07) is 16.9. The Morgan fingerprint density at radius 1 is 0.931 bits per heavy atom. The van der Waals surface area contributed by atoms with Crippen molar-refractivity contribution in [2.24, 2.45) is 0 Å². The zero-order valence-electron chi connectivity index (χ0n) is 16.2. The number of carbonyl (C=O) groups excluding carboxylic acids is 2. The number of hydrogen-bond donors (Lipinski definition) is 0. The van der Waals surface area contributed by atoms with Crippen molar-refractivity contribution in [2.75, 3.05) is 32.8 Å². The van der Waals surface area contributed by atoms with Crippen molar-refractivity contribution in [2.45, 2.75) is 18.9 Å². The van der Waals surface area contributed by atoms with Gasteiger partial charge >= 0.3 is 0 Å². The van der Waals surface area contributed by atoms with Crippen molar-refractivity contribution in [1.82, 2.24) is 9.80 Å². The van der Waals surface area contributed by atoms with Crippen LogP contribution in [-0.4, -0.2) is 60.5 Å². The molecule has 2 aliphatic heterocycles. The van der Waals surface area contributed by atoms with Crippen LogP contribution in [0.4, 0.5) is 0 Å². The van der Waals surface area contributed by atoms with Gasteiger partial charge in [-0.3, -0.25) is 9.59 Å². The number of ether oxygens (including phenoxy) is 1. The van der Waals surface area contributed by atoms with Crippen molar-refractivity contribution in [1.29, 1.82) is 5.26 Å². The molecule has 6 nitrogen and oxygen atoms in total. The lowest BCUT2D eigenvalue weighted by Crippen LogP contribution is -2.52. The van der Waals surface area contributed by atoms with Gasteiger partial charge < -0.3 is 14.5 Å². The summed E-state index contributed by atoms with van der Waals surface area (Å²) in [7, 11) is 0. The summed E-state index contributed by atoms with van der Waals surface area (Å²) in [5, 5.41) is 9.44. The van der Waals surface area contributed by atoms with Crippen LogP contribution >= 0.6 is 0 Å². The molecule has 2 saturated heterocycles. The molecule has 1 unspecified atom stereocenters. The van der Waals surface area contributed by atoms with Crippen LogP contribution in [0.2, 0.25) is 0 Å². The third-order valence-corrected chi connectivity index (χ3v) is 5.58. The van der Waals surface area contributed by atoms with E-state index in [2.05, 4.69) is 6.07 Å². The molecule has 0 spiro atoms. The number of piperazine rings is 1. The first-order chi connectivity index (χ1) is 14.2. The Bertz CT molecular complexity index is 952. The highest BCUT2D eigenvalue weighted by Crippen LogP contribution is 2.28. The van der Waals surface area contributed by atoms with E-state index < -0.39 is 0 Å². The molecule has 2 heterocycles. The van der Waals surface area contributed by atoms with Gasteiger partial charge in [0, 0.05) is 43.9 Å². The predicted octanol–water partition coefficient (Wildman–Crippen LogP) is 2.69. The zero-order valence-corrected chi connectivity index (χ0v) is 16.2. The summed E-state index contributed by atoms with van der Waals surface area (Å²) >= 11 is 0. The van der Waals surface area contributed by atoms with E-state index in [-0.39, 0.29) is 17.9 Å². The lowest BCUT2D eigenvalue weighted by molar-refractivity contribution is -0.142. The second-order valence-corrected chi connectivity index (χ2v) is 7.32. The van der Waals surface area contributed by atoms with Crippen molar-refractivity contribution in [3.05, 3.63) is 59.7 Å². The van der Waals surface area contributed by atoms with Crippen molar-refractivity contribution in [3.63, 3.8) is 0 Å². The number of hydrogen-bond acceptors (Lipinski definition) is 4. The molecule has 29 heavy (non-hydrogen) atoms. The molecule has 2 aliphatic rings. The molecule has 4 rings (SSSR count). The lowest BCUT2D eigenvalue weighted by Gasteiger charge is -2.36. The largest absolute Gasteiger partial charge is 0.368 e. The second-order valence-electron chi connectivity index (χ2n) is 7.32. The molecule has 0 saturated carbocycles. The van der Waals surface area contributed by atoms with Gasteiger partial charge in [-0.25, -0.2) is 0 Å². The van der Waals surface area contributed by atoms with E-state index in [4.69, 9.17) is 4.74 Å². The maximum atomic E-state index is 13.2. The standard InChI is InChI=1S/C23H23N3O3/c24-16-17-6-1-2-7-18(17)19-8-3-4-9-20(19)22(27)25-11-13-26(14-12-25)23(28)21-10-5-15-29-21/h1-4,6-9,21H,5,10-15H2. The number of rotatable bonds is 3. The molecule has 2 aromatic carbocycles. The van der Waals surface area contributed by atoms with Crippen LogP contribution in [0.1, 0.15) is 28.8 Å². The Labute approximate surface area is 170 Å². The Morgan fingerprint density at radius 2 is 1.59 bits per heavy atom. The van der Waals surface area contributed by atoms with Crippen LogP contribution in [0.3, 0.4) is 0 Å². The van der Waals surface area contributed by atoms with E-state index in [1.807, 2.05) is 36.4 Å². The normalized spacial score (nSPS) is 19.1. The van der Waals surface area contributed by atoms with Crippen molar-refractivity contribution < 1.29 is 14.3 Å². The quantitative estimate of drug-likeness (QED) is 0.809. The van der Waals surface area contributed by atoms with Gasteiger partial charge in [0.1, 0.15) is 6.10 Å². The molecule has 0 aliphatic carbocycles. The summed E-state index contributed by atoms with van der Waals surface area (Å²) in [5.74, 6) is -0.0319. The Balaban J connectivity index is 1.50. The minimum Gasteiger partial charge on any atom is -0.368 e. The van der Waals surface area contributed by atoms with Crippen LogP contribution in [0.25, 0.3) is 11.1 Å². The molecule has 0 aromatic heterocycles. The van der Waals surface area contributed by atoms with Gasteiger partial charge in [0.25, 0.3) is 11.8 Å². The first-order valence-corrected chi connectivity index (χ1v) is 9.97. The van der Waals surface area contributed by atoms with E-state index in [1.165, 1.54) is 0 Å². The molecular weight excluding hydrogens is 366 g/mol. The highest BCUT2D eigenvalue weighted by molar-refractivity contribution is 6.01. The van der Waals surface area contributed by atoms with Crippen LogP contribution in [-0.2, 0) is 9.53 Å². The van der Waals surface area contributed by atoms with E-state index in [0.29, 0.717) is 43.9 Å². The van der Waals surface area contributed by atoms with Crippen LogP contribution in [0.15, 0.2) is 48.5 Å². The van der Waals surface area contributed by atoms with Gasteiger partial charge in [0.2, 0.25) is 0 Å². The maximum Gasteiger partial charge on any atom is 0.254 e. The first-order valence-electron chi connectivity index (χ1n) is 9.97. The fraction of sp³-hybridized carbons (Fsp3) is 0.348. The van der Waals surface area contributed by atoms with Crippen molar-refractivity contribution >= 4 is 11.8 Å². The van der Waals surface area contributed by atoms with Crippen LogP contribution in [0, 0.1) is 11.3 Å². The summed E-state index contributed by atoms with van der Waals surface area (Å²) in [5.41, 5.74) is 2.63. The average molecular weight is 389 g/mol. The van der Waals surface area contributed by atoms with E-state index in [1.54, 1.807) is 21.9 Å². The third kappa shape index (κ3) is 3.87. The zero-order chi connectivity index (χ0) is 20.2. The van der Waals surface area contributed by atoms with Crippen molar-refractivity contribution in [3.8, 4) is 17.2 Å². The molecular formula is C23H23N3O3. The van der Waals surface area contributed by atoms with E-state index >= 15 is 0 Å². The molecule has 148 valence electrons. The van der Waals surface area contributed by atoms with Crippen LogP contribution in [0.5, 0.6) is 0 Å². The summed E-state index contributed by atoms with van der Waals surface area (Å²) in [6.07, 6.45) is 1.39. The number of nitriles is 1. The van der Waals surface area contributed by atoms with Gasteiger partial charge in [-0.15, -0.1) is 0 Å². The molecule has 1 atom stereocenters. The minimum absolute atomic E-state index is 0.0398. The summed E-state index contributed by atoms with van der Waals surface area (Å²) < 4.78 is 5.50. The van der Waals surface area contributed by atoms with Crippen LogP contribution < -0.4 is 0 Å². The highest BCUT2D eigenvalue weighted by atomic mass is 16.5. The Kier molecular flexibility index (Phi) is 5.59.